The molecule has 1 aromatic carbocycles. The number of halogens is 1. The molecular formula is C17H26FNO2S. The zero-order valence-corrected chi connectivity index (χ0v) is 14.6. The minimum atomic E-state index is -1.20. The van der Waals surface area contributed by atoms with Crippen LogP contribution in [0.4, 0.5) is 4.39 Å². The Morgan fingerprint density at radius 1 is 1.23 bits per heavy atom. The maximum Gasteiger partial charge on any atom is 0.220 e. The van der Waals surface area contributed by atoms with E-state index in [4.69, 9.17) is 0 Å². The Morgan fingerprint density at radius 3 is 2.36 bits per heavy atom. The summed E-state index contributed by atoms with van der Waals surface area (Å²) in [6, 6.07) is 5.66. The molecule has 22 heavy (non-hydrogen) atoms. The van der Waals surface area contributed by atoms with Crippen LogP contribution in [0, 0.1) is 5.82 Å². The Balaban J connectivity index is 2.35. The lowest BCUT2D eigenvalue weighted by Crippen LogP contribution is -2.38. The molecule has 2 N–H and O–H groups in total. The van der Waals surface area contributed by atoms with Crippen LogP contribution in [-0.2, 0) is 10.4 Å². The van der Waals surface area contributed by atoms with E-state index in [1.54, 1.807) is 6.92 Å². The fourth-order valence-corrected chi connectivity index (χ4v) is 2.78. The van der Waals surface area contributed by atoms with E-state index in [-0.39, 0.29) is 23.0 Å². The van der Waals surface area contributed by atoms with E-state index >= 15 is 0 Å². The number of amides is 1. The van der Waals surface area contributed by atoms with Gasteiger partial charge in [-0.3, -0.25) is 4.79 Å². The van der Waals surface area contributed by atoms with Crippen LogP contribution in [0.25, 0.3) is 0 Å². The lowest BCUT2D eigenvalue weighted by Gasteiger charge is -2.24. The van der Waals surface area contributed by atoms with Crippen LogP contribution in [0.3, 0.4) is 0 Å². The summed E-state index contributed by atoms with van der Waals surface area (Å²) in [5, 5.41) is 13.1. The van der Waals surface area contributed by atoms with Crippen molar-refractivity contribution in [3.05, 3.63) is 35.6 Å². The van der Waals surface area contributed by atoms with Gasteiger partial charge in [0.25, 0.3) is 0 Å². The molecule has 0 bridgehead atoms. The molecule has 1 amide bonds. The Bertz CT molecular complexity index is 480. The monoisotopic (exact) mass is 327 g/mol. The zero-order valence-electron chi connectivity index (χ0n) is 13.8. The zero-order chi connectivity index (χ0) is 16.8. The van der Waals surface area contributed by atoms with Gasteiger partial charge < -0.3 is 10.4 Å². The third-order valence-corrected chi connectivity index (χ3v) is 4.54. The molecule has 1 atom stereocenters. The van der Waals surface area contributed by atoms with Crippen LogP contribution < -0.4 is 5.32 Å². The highest BCUT2D eigenvalue weighted by atomic mass is 32.2. The third kappa shape index (κ3) is 7.27. The Kier molecular flexibility index (Phi) is 6.88. The summed E-state index contributed by atoms with van der Waals surface area (Å²) in [4.78, 5) is 11.8. The SMILES string of the molecule is CC(C)(C)SCCCC(=O)NCC(C)(O)c1ccc(F)cc1. The quantitative estimate of drug-likeness (QED) is 0.754. The van der Waals surface area contributed by atoms with Crippen LogP contribution in [-0.4, -0.2) is 28.1 Å². The van der Waals surface area contributed by atoms with Crippen molar-refractivity contribution in [3.63, 3.8) is 0 Å². The molecule has 1 unspecified atom stereocenters. The number of aliphatic hydroxyl groups is 1. The van der Waals surface area contributed by atoms with E-state index in [0.29, 0.717) is 12.0 Å². The highest BCUT2D eigenvalue weighted by Crippen LogP contribution is 2.24. The molecule has 0 saturated heterocycles. The smallest absolute Gasteiger partial charge is 0.220 e. The molecule has 0 aliphatic carbocycles. The fraction of sp³-hybridized carbons (Fsp3) is 0.588. The van der Waals surface area contributed by atoms with Crippen LogP contribution in [0.15, 0.2) is 24.3 Å². The molecule has 0 spiro atoms. The minimum Gasteiger partial charge on any atom is -0.384 e. The van der Waals surface area contributed by atoms with Crippen molar-refractivity contribution in [1.82, 2.24) is 5.32 Å². The highest BCUT2D eigenvalue weighted by Gasteiger charge is 2.23. The first kappa shape index (κ1) is 19.0. The summed E-state index contributed by atoms with van der Waals surface area (Å²) in [5.41, 5.74) is -0.624. The molecule has 0 saturated carbocycles. The average Bonchev–Trinajstić information content (AvgIpc) is 2.41. The fourth-order valence-electron chi connectivity index (χ4n) is 1.88. The Morgan fingerprint density at radius 2 is 1.82 bits per heavy atom. The number of carbonyl (C=O) groups excluding carboxylic acids is 1. The number of thioether (sulfide) groups is 1. The van der Waals surface area contributed by atoms with Gasteiger partial charge >= 0.3 is 0 Å². The molecule has 0 aliphatic heterocycles. The Labute approximate surface area is 136 Å². The molecule has 0 fully saturated rings. The van der Waals surface area contributed by atoms with E-state index in [2.05, 4.69) is 26.1 Å². The first-order valence-electron chi connectivity index (χ1n) is 7.49. The van der Waals surface area contributed by atoms with Crippen molar-refractivity contribution in [3.8, 4) is 0 Å². The van der Waals surface area contributed by atoms with Gasteiger partial charge in [-0.1, -0.05) is 32.9 Å². The number of benzene rings is 1. The first-order chi connectivity index (χ1) is 10.1. The second-order valence-electron chi connectivity index (χ2n) is 6.62. The molecule has 0 heterocycles. The van der Waals surface area contributed by atoms with Gasteiger partial charge in [-0.25, -0.2) is 4.39 Å². The van der Waals surface area contributed by atoms with Gasteiger partial charge in [-0.2, -0.15) is 11.8 Å². The van der Waals surface area contributed by atoms with Gasteiger partial charge in [0, 0.05) is 11.2 Å². The molecule has 0 aliphatic rings. The predicted molar refractivity (Wildman–Crippen MR) is 90.4 cm³/mol. The first-order valence-corrected chi connectivity index (χ1v) is 8.48. The molecule has 0 radical (unpaired) electrons. The second kappa shape index (κ2) is 7.97. The summed E-state index contributed by atoms with van der Waals surface area (Å²) >= 11 is 1.83. The van der Waals surface area contributed by atoms with E-state index < -0.39 is 5.60 Å². The molecule has 3 nitrogen and oxygen atoms in total. The summed E-state index contributed by atoms with van der Waals surface area (Å²) in [5.74, 6) is 0.516. The molecule has 124 valence electrons. The minimum absolute atomic E-state index is 0.0723. The lowest BCUT2D eigenvalue weighted by molar-refractivity contribution is -0.122. The van der Waals surface area contributed by atoms with Gasteiger partial charge in [0.05, 0.1) is 6.54 Å². The highest BCUT2D eigenvalue weighted by molar-refractivity contribution is 8.00. The van der Waals surface area contributed by atoms with Gasteiger partial charge in [-0.15, -0.1) is 0 Å². The van der Waals surface area contributed by atoms with Crippen molar-refractivity contribution in [2.24, 2.45) is 0 Å². The summed E-state index contributed by atoms with van der Waals surface area (Å²) in [6.07, 6.45) is 1.26. The van der Waals surface area contributed by atoms with Crippen LogP contribution >= 0.6 is 11.8 Å². The van der Waals surface area contributed by atoms with Crippen molar-refractivity contribution < 1.29 is 14.3 Å². The number of rotatable bonds is 7. The van der Waals surface area contributed by atoms with Gasteiger partial charge in [0.2, 0.25) is 5.91 Å². The maximum atomic E-state index is 12.9. The summed E-state index contributed by atoms with van der Waals surface area (Å²) in [7, 11) is 0. The number of hydrogen-bond donors (Lipinski definition) is 2. The molecule has 1 aromatic rings. The van der Waals surface area contributed by atoms with Crippen molar-refractivity contribution in [2.45, 2.75) is 50.9 Å². The topological polar surface area (TPSA) is 49.3 Å². The normalized spacial score (nSPS) is 14.5. The van der Waals surface area contributed by atoms with E-state index in [0.717, 1.165) is 12.2 Å². The predicted octanol–water partition coefficient (Wildman–Crippen LogP) is 3.46. The van der Waals surface area contributed by atoms with Crippen molar-refractivity contribution in [2.75, 3.05) is 12.3 Å². The lowest BCUT2D eigenvalue weighted by atomic mass is 9.96. The van der Waals surface area contributed by atoms with Gasteiger partial charge in [0.1, 0.15) is 11.4 Å². The maximum absolute atomic E-state index is 12.9. The van der Waals surface area contributed by atoms with Crippen LogP contribution in [0.5, 0.6) is 0 Å². The molecular weight excluding hydrogens is 301 g/mol. The van der Waals surface area contributed by atoms with Crippen LogP contribution in [0.2, 0.25) is 0 Å². The largest absolute Gasteiger partial charge is 0.384 e. The average molecular weight is 327 g/mol. The molecule has 1 rings (SSSR count). The standard InChI is InChI=1S/C17H26FNO2S/c1-16(2,3)22-11-5-6-15(20)19-12-17(4,21)13-7-9-14(18)10-8-13/h7-10,21H,5-6,11-12H2,1-4H3,(H,19,20). The van der Waals surface area contributed by atoms with Gasteiger partial charge in [-0.05, 0) is 36.8 Å². The second-order valence-corrected chi connectivity index (χ2v) is 8.54. The number of carbonyl (C=O) groups is 1. The van der Waals surface area contributed by atoms with E-state index in [9.17, 15) is 14.3 Å². The summed E-state index contributed by atoms with van der Waals surface area (Å²) in [6.45, 7) is 8.17. The van der Waals surface area contributed by atoms with Crippen LogP contribution in [0.1, 0.15) is 46.1 Å². The molecule has 0 aromatic heterocycles. The van der Waals surface area contributed by atoms with Crippen molar-refractivity contribution >= 4 is 17.7 Å². The molecule has 5 heteroatoms. The third-order valence-electron chi connectivity index (χ3n) is 3.18. The van der Waals surface area contributed by atoms with Gasteiger partial charge in [0.15, 0.2) is 0 Å². The summed E-state index contributed by atoms with van der Waals surface area (Å²) < 4.78 is 13.1. The van der Waals surface area contributed by atoms with Crippen molar-refractivity contribution in [1.29, 1.82) is 0 Å². The number of nitrogens with one attached hydrogen (secondary N) is 1. The Hall–Kier alpha value is -1.07. The van der Waals surface area contributed by atoms with E-state index in [1.165, 1.54) is 24.3 Å². The van der Waals surface area contributed by atoms with E-state index in [1.807, 2.05) is 11.8 Å². The number of hydrogen-bond acceptors (Lipinski definition) is 3.